The molecule has 0 aromatic heterocycles. The number of nitrogens with one attached hydrogen (secondary N) is 1. The second-order valence-electron chi connectivity index (χ2n) is 4.07. The fourth-order valence-corrected chi connectivity index (χ4v) is 1.56. The van der Waals surface area contributed by atoms with Crippen LogP contribution < -0.4 is 11.1 Å². The first-order chi connectivity index (χ1) is 7.65. The third-order valence-electron chi connectivity index (χ3n) is 2.83. The summed E-state index contributed by atoms with van der Waals surface area (Å²) >= 11 is 0. The predicted octanol–water partition coefficient (Wildman–Crippen LogP) is 0.962. The number of nitrogens with two attached hydrogens (primary N) is 1. The van der Waals surface area contributed by atoms with Crippen LogP contribution in [0.5, 0.6) is 0 Å². The van der Waals surface area contributed by atoms with E-state index in [-0.39, 0.29) is 11.9 Å². The number of hydrogen-bond acceptors (Lipinski definition) is 3. The summed E-state index contributed by atoms with van der Waals surface area (Å²) in [6, 6.07) is -0.336. The fourth-order valence-electron chi connectivity index (χ4n) is 1.56. The van der Waals surface area contributed by atoms with Crippen molar-refractivity contribution in [3.8, 4) is 0 Å². The predicted molar refractivity (Wildman–Crippen MR) is 68.3 cm³/mol. The van der Waals surface area contributed by atoms with Gasteiger partial charge in [-0.2, -0.15) is 0 Å². The highest BCUT2D eigenvalue weighted by Crippen LogP contribution is 1.97. The number of carbonyl (C=O) groups is 1. The SMILES string of the molecule is CCCCC(N)C(=O)NCCN(CC)CC. The summed E-state index contributed by atoms with van der Waals surface area (Å²) in [5.41, 5.74) is 5.76. The van der Waals surface area contributed by atoms with Gasteiger partial charge in [-0.3, -0.25) is 4.79 Å². The van der Waals surface area contributed by atoms with E-state index in [9.17, 15) is 4.79 Å². The molecule has 0 heterocycles. The molecule has 1 atom stereocenters. The maximum absolute atomic E-state index is 11.6. The van der Waals surface area contributed by atoms with E-state index in [0.717, 1.165) is 38.9 Å². The number of unbranched alkanes of at least 4 members (excludes halogenated alkanes) is 1. The van der Waals surface area contributed by atoms with E-state index in [1.807, 2.05) is 0 Å². The molecule has 0 saturated heterocycles. The molecule has 0 saturated carbocycles. The van der Waals surface area contributed by atoms with Crippen molar-refractivity contribution in [1.82, 2.24) is 10.2 Å². The van der Waals surface area contributed by atoms with Crippen LogP contribution in [0.2, 0.25) is 0 Å². The van der Waals surface area contributed by atoms with Gasteiger partial charge < -0.3 is 16.0 Å². The first-order valence-corrected chi connectivity index (χ1v) is 6.41. The molecular weight excluding hydrogens is 202 g/mol. The van der Waals surface area contributed by atoms with E-state index in [1.165, 1.54) is 0 Å². The van der Waals surface area contributed by atoms with E-state index in [1.54, 1.807) is 0 Å². The van der Waals surface area contributed by atoms with Gasteiger partial charge >= 0.3 is 0 Å². The average molecular weight is 229 g/mol. The normalized spacial score (nSPS) is 12.8. The highest BCUT2D eigenvalue weighted by molar-refractivity contribution is 5.81. The summed E-state index contributed by atoms with van der Waals surface area (Å²) in [5, 5.41) is 2.88. The Morgan fingerprint density at radius 3 is 2.44 bits per heavy atom. The lowest BCUT2D eigenvalue weighted by molar-refractivity contribution is -0.122. The molecular formula is C12H27N3O. The Balaban J connectivity index is 3.63. The summed E-state index contributed by atoms with van der Waals surface area (Å²) in [6.07, 6.45) is 2.89. The van der Waals surface area contributed by atoms with E-state index >= 15 is 0 Å². The van der Waals surface area contributed by atoms with E-state index in [0.29, 0.717) is 6.54 Å². The molecule has 96 valence electrons. The Labute approximate surface area is 99.6 Å². The van der Waals surface area contributed by atoms with Crippen molar-refractivity contribution in [3.63, 3.8) is 0 Å². The molecule has 0 bridgehead atoms. The van der Waals surface area contributed by atoms with Gasteiger partial charge in [0.2, 0.25) is 5.91 Å². The van der Waals surface area contributed by atoms with Crippen LogP contribution in [0.1, 0.15) is 40.0 Å². The highest BCUT2D eigenvalue weighted by Gasteiger charge is 2.11. The summed E-state index contributed by atoms with van der Waals surface area (Å²) in [7, 11) is 0. The number of rotatable bonds is 9. The Kier molecular flexibility index (Phi) is 9.24. The van der Waals surface area contributed by atoms with E-state index < -0.39 is 0 Å². The summed E-state index contributed by atoms with van der Waals surface area (Å²) < 4.78 is 0. The third-order valence-corrected chi connectivity index (χ3v) is 2.83. The van der Waals surface area contributed by atoms with Crippen LogP contribution >= 0.6 is 0 Å². The Bertz CT molecular complexity index is 181. The molecule has 0 radical (unpaired) electrons. The maximum atomic E-state index is 11.6. The molecule has 0 spiro atoms. The second-order valence-corrected chi connectivity index (χ2v) is 4.07. The van der Waals surface area contributed by atoms with Crippen molar-refractivity contribution in [3.05, 3.63) is 0 Å². The minimum atomic E-state index is -0.336. The first-order valence-electron chi connectivity index (χ1n) is 6.41. The summed E-state index contributed by atoms with van der Waals surface area (Å²) in [4.78, 5) is 13.8. The summed E-state index contributed by atoms with van der Waals surface area (Å²) in [6.45, 7) is 9.99. The molecule has 0 fully saturated rings. The third kappa shape index (κ3) is 6.80. The number of amides is 1. The van der Waals surface area contributed by atoms with Gasteiger partial charge in [0.25, 0.3) is 0 Å². The van der Waals surface area contributed by atoms with Crippen molar-refractivity contribution >= 4 is 5.91 Å². The van der Waals surface area contributed by atoms with Gasteiger partial charge in [-0.1, -0.05) is 33.6 Å². The molecule has 0 aromatic rings. The zero-order valence-corrected chi connectivity index (χ0v) is 11.0. The van der Waals surface area contributed by atoms with Crippen LogP contribution in [-0.4, -0.2) is 43.0 Å². The zero-order chi connectivity index (χ0) is 12.4. The van der Waals surface area contributed by atoms with Crippen molar-refractivity contribution < 1.29 is 4.79 Å². The lowest BCUT2D eigenvalue weighted by atomic mass is 10.1. The van der Waals surface area contributed by atoms with Crippen LogP contribution in [0.25, 0.3) is 0 Å². The number of likely N-dealkylation sites (N-methyl/N-ethyl adjacent to an activating group) is 1. The van der Waals surface area contributed by atoms with Crippen molar-refractivity contribution in [2.75, 3.05) is 26.2 Å². The van der Waals surface area contributed by atoms with Crippen molar-refractivity contribution in [2.45, 2.75) is 46.1 Å². The summed E-state index contributed by atoms with van der Waals surface area (Å²) in [5.74, 6) is -0.0133. The molecule has 0 aromatic carbocycles. The van der Waals surface area contributed by atoms with Crippen LogP contribution in [0.15, 0.2) is 0 Å². The number of carbonyl (C=O) groups excluding carboxylic acids is 1. The molecule has 0 aliphatic rings. The average Bonchev–Trinajstić information content (AvgIpc) is 2.31. The lowest BCUT2D eigenvalue weighted by Crippen LogP contribution is -2.43. The molecule has 0 rings (SSSR count). The molecule has 0 aliphatic heterocycles. The van der Waals surface area contributed by atoms with Gasteiger partial charge in [-0.05, 0) is 19.5 Å². The van der Waals surface area contributed by atoms with Crippen LogP contribution in [-0.2, 0) is 4.79 Å². The highest BCUT2D eigenvalue weighted by atomic mass is 16.2. The molecule has 4 heteroatoms. The molecule has 1 amide bonds. The smallest absolute Gasteiger partial charge is 0.236 e. The number of hydrogen-bond donors (Lipinski definition) is 2. The van der Waals surface area contributed by atoms with Crippen LogP contribution in [0, 0.1) is 0 Å². The first kappa shape index (κ1) is 15.4. The molecule has 0 aliphatic carbocycles. The Morgan fingerprint density at radius 2 is 1.94 bits per heavy atom. The fraction of sp³-hybridized carbons (Fsp3) is 0.917. The number of nitrogens with zero attached hydrogens (tertiary/aromatic N) is 1. The van der Waals surface area contributed by atoms with E-state index in [4.69, 9.17) is 5.73 Å². The van der Waals surface area contributed by atoms with Gasteiger partial charge in [0.1, 0.15) is 0 Å². The molecule has 16 heavy (non-hydrogen) atoms. The topological polar surface area (TPSA) is 58.4 Å². The zero-order valence-electron chi connectivity index (χ0n) is 11.0. The minimum Gasteiger partial charge on any atom is -0.353 e. The molecule has 1 unspecified atom stereocenters. The van der Waals surface area contributed by atoms with Crippen LogP contribution in [0.3, 0.4) is 0 Å². The van der Waals surface area contributed by atoms with E-state index in [2.05, 4.69) is 31.0 Å². The maximum Gasteiger partial charge on any atom is 0.236 e. The van der Waals surface area contributed by atoms with Gasteiger partial charge in [0, 0.05) is 13.1 Å². The van der Waals surface area contributed by atoms with Gasteiger partial charge in [-0.25, -0.2) is 0 Å². The molecule has 3 N–H and O–H groups in total. The minimum absolute atomic E-state index is 0.0133. The largest absolute Gasteiger partial charge is 0.353 e. The van der Waals surface area contributed by atoms with Crippen LogP contribution in [0.4, 0.5) is 0 Å². The molecule has 4 nitrogen and oxygen atoms in total. The van der Waals surface area contributed by atoms with Crippen molar-refractivity contribution in [2.24, 2.45) is 5.73 Å². The van der Waals surface area contributed by atoms with Gasteiger partial charge in [0.05, 0.1) is 6.04 Å². The quantitative estimate of drug-likeness (QED) is 0.619. The van der Waals surface area contributed by atoms with Crippen molar-refractivity contribution in [1.29, 1.82) is 0 Å². The Morgan fingerprint density at radius 1 is 1.31 bits per heavy atom. The lowest BCUT2D eigenvalue weighted by Gasteiger charge is -2.19. The Hall–Kier alpha value is -0.610. The second kappa shape index (κ2) is 9.60. The monoisotopic (exact) mass is 229 g/mol. The van der Waals surface area contributed by atoms with Gasteiger partial charge in [0.15, 0.2) is 0 Å². The van der Waals surface area contributed by atoms with Gasteiger partial charge in [-0.15, -0.1) is 0 Å². The standard InChI is InChI=1S/C12H27N3O/c1-4-7-8-11(13)12(16)14-9-10-15(5-2)6-3/h11H,4-10,13H2,1-3H3,(H,14,16).